The van der Waals surface area contributed by atoms with Crippen LogP contribution in [0.25, 0.3) is 0 Å². The van der Waals surface area contributed by atoms with Gasteiger partial charge in [0.2, 0.25) is 9.84 Å². The molecule has 0 saturated carbocycles. The summed E-state index contributed by atoms with van der Waals surface area (Å²) < 4.78 is 51.5. The van der Waals surface area contributed by atoms with Gasteiger partial charge < -0.3 is 14.7 Å². The molecule has 1 aliphatic heterocycles. The lowest BCUT2D eigenvalue weighted by molar-refractivity contribution is -0.0950. The zero-order valence-corrected chi connectivity index (χ0v) is 16.5. The van der Waals surface area contributed by atoms with Gasteiger partial charge in [0.25, 0.3) is 0 Å². The molecule has 0 bridgehead atoms. The second kappa shape index (κ2) is 7.98. The molecule has 0 atom stereocenters. The van der Waals surface area contributed by atoms with E-state index in [1.54, 1.807) is 6.92 Å². The number of sulfone groups is 1. The molecule has 0 radical (unpaired) electrons. The van der Waals surface area contributed by atoms with Gasteiger partial charge in [-0.1, -0.05) is 17.3 Å². The number of halogens is 1. The first-order valence-electron chi connectivity index (χ1n) is 8.80. The summed E-state index contributed by atoms with van der Waals surface area (Å²) in [4.78, 5) is -0.109. The Kier molecular flexibility index (Phi) is 5.83. The molecule has 2 aromatic carbocycles. The van der Waals surface area contributed by atoms with Gasteiger partial charge in [0.05, 0.1) is 21.1 Å². The fraction of sp³-hybridized carbons (Fsp3) is 0.350. The van der Waals surface area contributed by atoms with E-state index in [0.29, 0.717) is 42.9 Å². The van der Waals surface area contributed by atoms with E-state index in [2.05, 4.69) is 5.16 Å². The summed E-state index contributed by atoms with van der Waals surface area (Å²) in [7, 11) is -2.40. The summed E-state index contributed by atoms with van der Waals surface area (Å²) >= 11 is 0. The van der Waals surface area contributed by atoms with Crippen molar-refractivity contribution in [2.75, 3.05) is 20.3 Å². The van der Waals surface area contributed by atoms with Gasteiger partial charge in [-0.25, -0.2) is 12.8 Å². The Morgan fingerprint density at radius 2 is 1.79 bits per heavy atom. The van der Waals surface area contributed by atoms with E-state index < -0.39 is 21.3 Å². The molecule has 8 heteroatoms. The van der Waals surface area contributed by atoms with E-state index in [0.717, 1.165) is 6.07 Å². The number of rotatable bonds is 5. The van der Waals surface area contributed by atoms with Crippen LogP contribution in [-0.4, -0.2) is 39.7 Å². The summed E-state index contributed by atoms with van der Waals surface area (Å²) in [6.45, 7) is 2.51. The lowest BCUT2D eigenvalue weighted by Gasteiger charge is -2.36. The Bertz CT molecular complexity index is 980. The average molecular weight is 407 g/mol. The quantitative estimate of drug-likeness (QED) is 0.466. The number of oxime groups is 1. The van der Waals surface area contributed by atoms with Crippen LogP contribution in [0.1, 0.15) is 30.9 Å². The molecule has 28 heavy (non-hydrogen) atoms. The van der Waals surface area contributed by atoms with E-state index in [-0.39, 0.29) is 9.79 Å². The van der Waals surface area contributed by atoms with E-state index in [1.807, 2.05) is 0 Å². The minimum atomic E-state index is -3.94. The standard InChI is InChI=1S/C20H22FNO5S/c1-14(22-23)15-3-5-18(6-4-15)28(24,25)19-12-16(11-17(21)13-19)20(26-2)7-9-27-10-8-20/h3-6,11-13,23H,7-10H2,1-2H3/b22-14-. The molecule has 0 unspecified atom stereocenters. The highest BCUT2D eigenvalue weighted by Crippen LogP contribution is 2.37. The monoisotopic (exact) mass is 407 g/mol. The molecule has 0 aromatic heterocycles. The number of hydrogen-bond acceptors (Lipinski definition) is 6. The van der Waals surface area contributed by atoms with Crippen molar-refractivity contribution in [2.24, 2.45) is 5.16 Å². The first-order valence-corrected chi connectivity index (χ1v) is 10.3. The van der Waals surface area contributed by atoms with Crippen molar-refractivity contribution in [3.8, 4) is 0 Å². The second-order valence-corrected chi connectivity index (χ2v) is 8.65. The molecule has 1 aliphatic rings. The van der Waals surface area contributed by atoms with E-state index in [4.69, 9.17) is 14.7 Å². The van der Waals surface area contributed by atoms with Gasteiger partial charge in [0.15, 0.2) is 0 Å². The number of nitrogens with zero attached hydrogens (tertiary/aromatic N) is 1. The lowest BCUT2D eigenvalue weighted by atomic mass is 9.86. The maximum absolute atomic E-state index is 14.4. The third-order valence-corrected chi connectivity index (χ3v) is 6.88. The van der Waals surface area contributed by atoms with Crippen molar-refractivity contribution >= 4 is 15.5 Å². The topological polar surface area (TPSA) is 85.2 Å². The van der Waals surface area contributed by atoms with Gasteiger partial charge in [-0.05, 0) is 48.4 Å². The first-order chi connectivity index (χ1) is 13.3. The first kappa shape index (κ1) is 20.4. The van der Waals surface area contributed by atoms with Crippen LogP contribution in [0.5, 0.6) is 0 Å². The predicted molar refractivity (Wildman–Crippen MR) is 101 cm³/mol. The maximum atomic E-state index is 14.4. The third kappa shape index (κ3) is 3.80. The molecular formula is C20H22FNO5S. The van der Waals surface area contributed by atoms with Gasteiger partial charge in [0.1, 0.15) is 5.82 Å². The molecule has 0 spiro atoms. The van der Waals surface area contributed by atoms with Gasteiger partial charge in [-0.2, -0.15) is 0 Å². The largest absolute Gasteiger partial charge is 0.411 e. The highest BCUT2D eigenvalue weighted by Gasteiger charge is 2.36. The summed E-state index contributed by atoms with van der Waals surface area (Å²) in [6, 6.07) is 9.69. The van der Waals surface area contributed by atoms with Gasteiger partial charge in [-0.15, -0.1) is 0 Å². The fourth-order valence-corrected chi connectivity index (χ4v) is 4.68. The van der Waals surface area contributed by atoms with Crippen LogP contribution in [0.3, 0.4) is 0 Å². The summed E-state index contributed by atoms with van der Waals surface area (Å²) in [5, 5.41) is 11.9. The molecule has 1 saturated heterocycles. The number of benzene rings is 2. The second-order valence-electron chi connectivity index (χ2n) is 6.70. The average Bonchev–Trinajstić information content (AvgIpc) is 2.73. The van der Waals surface area contributed by atoms with Crippen LogP contribution in [-0.2, 0) is 24.9 Å². The number of hydrogen-bond donors (Lipinski definition) is 1. The minimum Gasteiger partial charge on any atom is -0.411 e. The SMILES string of the molecule is COC1(c2cc(F)cc(S(=O)(=O)c3ccc(/C(C)=N\O)cc3)c2)CCOCC1. The molecule has 2 aromatic rings. The normalized spacial score (nSPS) is 17.5. The molecule has 150 valence electrons. The molecule has 1 N–H and O–H groups in total. The molecule has 1 fully saturated rings. The van der Waals surface area contributed by atoms with Crippen LogP contribution in [0.2, 0.25) is 0 Å². The van der Waals surface area contributed by atoms with Crippen molar-refractivity contribution in [2.45, 2.75) is 35.2 Å². The summed E-state index contributed by atoms with van der Waals surface area (Å²) in [6.07, 6.45) is 1.03. The Hall–Kier alpha value is -2.29. The van der Waals surface area contributed by atoms with E-state index >= 15 is 0 Å². The molecule has 3 rings (SSSR count). The highest BCUT2D eigenvalue weighted by atomic mass is 32.2. The molecule has 0 amide bonds. The van der Waals surface area contributed by atoms with Crippen molar-refractivity contribution in [1.82, 2.24) is 0 Å². The highest BCUT2D eigenvalue weighted by molar-refractivity contribution is 7.91. The van der Waals surface area contributed by atoms with Crippen LogP contribution < -0.4 is 0 Å². The van der Waals surface area contributed by atoms with Gasteiger partial charge >= 0.3 is 0 Å². The van der Waals surface area contributed by atoms with Crippen LogP contribution in [0, 0.1) is 5.82 Å². The predicted octanol–water partition coefficient (Wildman–Crippen LogP) is 3.51. The molecular weight excluding hydrogens is 385 g/mol. The van der Waals surface area contributed by atoms with Crippen LogP contribution >= 0.6 is 0 Å². The van der Waals surface area contributed by atoms with E-state index in [1.165, 1.54) is 43.5 Å². The number of ether oxygens (including phenoxy) is 2. The van der Waals surface area contributed by atoms with Gasteiger partial charge in [-0.3, -0.25) is 0 Å². The lowest BCUT2D eigenvalue weighted by Crippen LogP contribution is -2.35. The maximum Gasteiger partial charge on any atom is 0.206 e. The third-order valence-electron chi connectivity index (χ3n) is 5.13. The Morgan fingerprint density at radius 3 is 2.36 bits per heavy atom. The van der Waals surface area contributed by atoms with Crippen LogP contribution in [0.4, 0.5) is 4.39 Å². The Balaban J connectivity index is 2.04. The zero-order valence-electron chi connectivity index (χ0n) is 15.7. The Morgan fingerprint density at radius 1 is 1.14 bits per heavy atom. The summed E-state index contributed by atoms with van der Waals surface area (Å²) in [5.74, 6) is -0.640. The smallest absolute Gasteiger partial charge is 0.206 e. The molecule has 1 heterocycles. The zero-order chi connectivity index (χ0) is 20.4. The number of methoxy groups -OCH3 is 1. The van der Waals surface area contributed by atoms with E-state index in [9.17, 15) is 12.8 Å². The van der Waals surface area contributed by atoms with Crippen molar-refractivity contribution in [3.05, 3.63) is 59.4 Å². The van der Waals surface area contributed by atoms with Gasteiger partial charge in [0, 0.05) is 33.2 Å². The molecule has 6 nitrogen and oxygen atoms in total. The van der Waals surface area contributed by atoms with Crippen molar-refractivity contribution in [1.29, 1.82) is 0 Å². The van der Waals surface area contributed by atoms with Crippen molar-refractivity contribution in [3.63, 3.8) is 0 Å². The van der Waals surface area contributed by atoms with Crippen LogP contribution in [0.15, 0.2) is 57.4 Å². The molecule has 0 aliphatic carbocycles. The van der Waals surface area contributed by atoms with Crippen molar-refractivity contribution < 1.29 is 27.5 Å². The fourth-order valence-electron chi connectivity index (χ4n) is 3.36. The summed E-state index contributed by atoms with van der Waals surface area (Å²) in [5.41, 5.74) is 0.653. The Labute approximate surface area is 163 Å². The minimum absolute atomic E-state index is 0.0250.